The number of aromatic nitrogens is 4. The number of nitrogens with zero attached hydrogens (tertiary/aromatic N) is 6. The van der Waals surface area contributed by atoms with Crippen molar-refractivity contribution < 1.29 is 4.42 Å². The first-order chi connectivity index (χ1) is 15.7. The second-order valence-electron chi connectivity index (χ2n) is 8.44. The summed E-state index contributed by atoms with van der Waals surface area (Å²) in [5.74, 6) is 2.95. The lowest BCUT2D eigenvalue weighted by molar-refractivity contribution is 0.230. The zero-order chi connectivity index (χ0) is 21.9. The molecule has 0 spiro atoms. The lowest BCUT2D eigenvalue weighted by Crippen LogP contribution is -2.46. The van der Waals surface area contributed by atoms with E-state index in [1.165, 1.54) is 0 Å². The van der Waals surface area contributed by atoms with Crippen molar-refractivity contribution in [2.75, 3.05) is 31.1 Å². The highest BCUT2D eigenvalue weighted by Gasteiger charge is 2.25. The van der Waals surface area contributed by atoms with Gasteiger partial charge in [-0.2, -0.15) is 5.10 Å². The van der Waals surface area contributed by atoms with Crippen LogP contribution in [0.15, 0.2) is 53.1 Å². The molecule has 4 heterocycles. The first kappa shape index (κ1) is 20.7. The fraction of sp³-hybridized carbons (Fsp3) is 0.400. The number of hydrogen-bond acceptors (Lipinski definition) is 6. The molecule has 4 aromatic rings. The van der Waals surface area contributed by atoms with Crippen LogP contribution in [-0.4, -0.2) is 50.8 Å². The fourth-order valence-corrected chi connectivity index (χ4v) is 4.37. The molecule has 166 valence electrons. The number of para-hydroxylation sites is 1. The highest BCUT2D eigenvalue weighted by atomic mass is 16.3. The number of unbranched alkanes of at least 4 members (excludes halogenated alkanes) is 1. The summed E-state index contributed by atoms with van der Waals surface area (Å²) in [6.07, 6.45) is 4.84. The maximum Gasteiger partial charge on any atom is 0.168 e. The van der Waals surface area contributed by atoms with Gasteiger partial charge < -0.3 is 9.32 Å². The Labute approximate surface area is 188 Å². The first-order valence-corrected chi connectivity index (χ1v) is 11.5. The van der Waals surface area contributed by atoms with Gasteiger partial charge in [-0.15, -0.1) is 0 Å². The second kappa shape index (κ2) is 9.12. The van der Waals surface area contributed by atoms with Gasteiger partial charge in [0.1, 0.15) is 17.4 Å². The van der Waals surface area contributed by atoms with Gasteiger partial charge in [0.15, 0.2) is 5.65 Å². The van der Waals surface area contributed by atoms with E-state index >= 15 is 0 Å². The summed E-state index contributed by atoms with van der Waals surface area (Å²) < 4.78 is 7.50. The zero-order valence-corrected chi connectivity index (χ0v) is 18.9. The molecule has 0 atom stereocenters. The predicted molar refractivity (Wildman–Crippen MR) is 126 cm³/mol. The van der Waals surface area contributed by atoms with Crippen LogP contribution >= 0.6 is 0 Å². The SMILES string of the molecule is CCCCc1nc(N2CCN(Cc3ccco3)CC2)c2c(C)nn(-c3ccccc3)c2n1. The molecule has 1 aromatic carbocycles. The van der Waals surface area contributed by atoms with Crippen molar-refractivity contribution >= 4 is 16.9 Å². The van der Waals surface area contributed by atoms with Gasteiger partial charge in [-0.1, -0.05) is 31.5 Å². The standard InChI is InChI=1S/C25H30N6O/c1-3-4-12-22-26-24(30-15-13-29(14-16-30)18-21-11-8-17-32-21)23-19(2)28-31(25(23)27-22)20-9-6-5-7-10-20/h5-11,17H,3-4,12-16,18H2,1-2H3. The Balaban J connectivity index is 1.48. The topological polar surface area (TPSA) is 63.2 Å². The number of hydrogen-bond donors (Lipinski definition) is 0. The van der Waals surface area contributed by atoms with E-state index in [9.17, 15) is 0 Å². The van der Waals surface area contributed by atoms with E-state index in [0.29, 0.717) is 0 Å². The molecular formula is C25H30N6O. The van der Waals surface area contributed by atoms with Crippen LogP contribution in [0.25, 0.3) is 16.7 Å². The predicted octanol–water partition coefficient (Wildman–Crippen LogP) is 4.38. The fourth-order valence-electron chi connectivity index (χ4n) is 4.37. The minimum Gasteiger partial charge on any atom is -0.468 e. The maximum atomic E-state index is 5.53. The zero-order valence-electron chi connectivity index (χ0n) is 18.9. The normalized spacial score (nSPS) is 15.0. The Kier molecular flexibility index (Phi) is 5.90. The molecule has 1 saturated heterocycles. The number of fused-ring (bicyclic) bond motifs is 1. The lowest BCUT2D eigenvalue weighted by Gasteiger charge is -2.35. The largest absolute Gasteiger partial charge is 0.468 e. The Hall–Kier alpha value is -3.19. The first-order valence-electron chi connectivity index (χ1n) is 11.5. The van der Waals surface area contributed by atoms with Crippen molar-refractivity contribution in [3.8, 4) is 5.69 Å². The lowest BCUT2D eigenvalue weighted by atomic mass is 10.2. The van der Waals surface area contributed by atoms with Crippen molar-refractivity contribution in [1.82, 2.24) is 24.6 Å². The van der Waals surface area contributed by atoms with Gasteiger partial charge in [0.05, 0.1) is 29.6 Å². The van der Waals surface area contributed by atoms with E-state index in [0.717, 1.165) is 91.8 Å². The van der Waals surface area contributed by atoms with Crippen LogP contribution in [0, 0.1) is 6.92 Å². The quantitative estimate of drug-likeness (QED) is 0.434. The monoisotopic (exact) mass is 430 g/mol. The average Bonchev–Trinajstić information content (AvgIpc) is 3.46. The van der Waals surface area contributed by atoms with Gasteiger partial charge in [0.2, 0.25) is 0 Å². The van der Waals surface area contributed by atoms with E-state index in [2.05, 4.69) is 35.8 Å². The molecule has 0 saturated carbocycles. The van der Waals surface area contributed by atoms with Crippen molar-refractivity contribution in [3.05, 3.63) is 66.0 Å². The number of rotatable bonds is 7. The number of benzene rings is 1. The summed E-state index contributed by atoms with van der Waals surface area (Å²) in [4.78, 5) is 14.9. The molecule has 0 unspecified atom stereocenters. The van der Waals surface area contributed by atoms with Crippen LogP contribution in [0.5, 0.6) is 0 Å². The average molecular weight is 431 g/mol. The van der Waals surface area contributed by atoms with E-state index in [4.69, 9.17) is 19.5 Å². The van der Waals surface area contributed by atoms with Gasteiger partial charge in [-0.25, -0.2) is 14.6 Å². The Morgan fingerprint density at radius 3 is 2.50 bits per heavy atom. The molecule has 0 bridgehead atoms. The molecule has 0 N–H and O–H groups in total. The van der Waals surface area contributed by atoms with E-state index in [1.807, 2.05) is 35.0 Å². The molecule has 7 heteroatoms. The van der Waals surface area contributed by atoms with Gasteiger partial charge in [0, 0.05) is 32.6 Å². The molecule has 7 nitrogen and oxygen atoms in total. The van der Waals surface area contributed by atoms with Crippen LogP contribution in [0.3, 0.4) is 0 Å². The van der Waals surface area contributed by atoms with Gasteiger partial charge in [-0.05, 0) is 37.6 Å². The number of anilines is 1. The van der Waals surface area contributed by atoms with E-state index < -0.39 is 0 Å². The maximum absolute atomic E-state index is 5.53. The van der Waals surface area contributed by atoms with Crippen molar-refractivity contribution in [3.63, 3.8) is 0 Å². The summed E-state index contributed by atoms with van der Waals surface area (Å²) in [5, 5.41) is 5.93. The molecule has 1 fully saturated rings. The van der Waals surface area contributed by atoms with Gasteiger partial charge >= 0.3 is 0 Å². The third-order valence-corrected chi connectivity index (χ3v) is 6.12. The van der Waals surface area contributed by atoms with Crippen molar-refractivity contribution in [1.29, 1.82) is 0 Å². The summed E-state index contributed by atoms with van der Waals surface area (Å²) in [6.45, 7) is 8.92. The Morgan fingerprint density at radius 2 is 1.78 bits per heavy atom. The molecule has 1 aliphatic rings. The van der Waals surface area contributed by atoms with Crippen LogP contribution in [0.2, 0.25) is 0 Å². The van der Waals surface area contributed by atoms with Crippen molar-refractivity contribution in [2.45, 2.75) is 39.7 Å². The van der Waals surface area contributed by atoms with E-state index in [1.54, 1.807) is 6.26 Å². The number of piperazine rings is 1. The molecular weight excluding hydrogens is 400 g/mol. The number of aryl methyl sites for hydroxylation is 2. The molecule has 0 amide bonds. The molecule has 1 aliphatic heterocycles. The van der Waals surface area contributed by atoms with Crippen molar-refractivity contribution in [2.24, 2.45) is 0 Å². The van der Waals surface area contributed by atoms with Crippen LogP contribution in [0.4, 0.5) is 5.82 Å². The van der Waals surface area contributed by atoms with E-state index in [-0.39, 0.29) is 0 Å². The number of furan rings is 1. The highest BCUT2D eigenvalue weighted by molar-refractivity contribution is 5.91. The summed E-state index contributed by atoms with van der Waals surface area (Å²) in [6, 6.07) is 14.2. The Bertz CT molecular complexity index is 1160. The summed E-state index contributed by atoms with van der Waals surface area (Å²) in [7, 11) is 0. The summed E-state index contributed by atoms with van der Waals surface area (Å²) >= 11 is 0. The van der Waals surface area contributed by atoms with Crippen LogP contribution < -0.4 is 4.90 Å². The molecule has 0 aliphatic carbocycles. The molecule has 32 heavy (non-hydrogen) atoms. The third kappa shape index (κ3) is 4.12. The minimum absolute atomic E-state index is 0.854. The summed E-state index contributed by atoms with van der Waals surface area (Å²) in [5.41, 5.74) is 2.90. The molecule has 3 aromatic heterocycles. The van der Waals surface area contributed by atoms with Gasteiger partial charge in [-0.3, -0.25) is 4.90 Å². The molecule has 5 rings (SSSR count). The smallest absolute Gasteiger partial charge is 0.168 e. The minimum atomic E-state index is 0.854. The Morgan fingerprint density at radius 1 is 0.969 bits per heavy atom. The van der Waals surface area contributed by atoms with Gasteiger partial charge in [0.25, 0.3) is 0 Å². The van der Waals surface area contributed by atoms with Crippen LogP contribution in [-0.2, 0) is 13.0 Å². The van der Waals surface area contributed by atoms with Crippen LogP contribution in [0.1, 0.15) is 37.0 Å². The highest BCUT2D eigenvalue weighted by Crippen LogP contribution is 2.30. The molecule has 0 radical (unpaired) electrons. The third-order valence-electron chi connectivity index (χ3n) is 6.12. The second-order valence-corrected chi connectivity index (χ2v) is 8.44.